The normalized spacial score (nSPS) is 13.2. The van der Waals surface area contributed by atoms with Gasteiger partial charge in [0.15, 0.2) is 0 Å². The van der Waals surface area contributed by atoms with Gasteiger partial charge in [0, 0.05) is 6.54 Å². The Morgan fingerprint density at radius 1 is 1.16 bits per heavy atom. The molecule has 0 aromatic heterocycles. The second kappa shape index (κ2) is 9.18. The van der Waals surface area contributed by atoms with Gasteiger partial charge in [0.05, 0.1) is 6.54 Å². The fraction of sp³-hybridized carbons (Fsp3) is 0.750. The second-order valence-electron chi connectivity index (χ2n) is 4.38. The van der Waals surface area contributed by atoms with Crippen molar-refractivity contribution >= 4 is 17.9 Å². The number of carboxylic acid groups (broad SMARTS) is 1. The predicted octanol–water partition coefficient (Wildman–Crippen LogP) is 0.311. The van der Waals surface area contributed by atoms with Gasteiger partial charge in [-0.1, -0.05) is 27.2 Å². The van der Waals surface area contributed by atoms with Crippen LogP contribution in [-0.2, 0) is 9.59 Å². The topological polar surface area (TPSA) is 108 Å². The Morgan fingerprint density at radius 3 is 2.26 bits per heavy atom. The lowest BCUT2D eigenvalue weighted by molar-refractivity contribution is -0.140. The van der Waals surface area contributed by atoms with Crippen molar-refractivity contribution in [3.63, 3.8) is 0 Å². The summed E-state index contributed by atoms with van der Waals surface area (Å²) in [6.07, 6.45) is 1.45. The molecule has 0 spiro atoms. The largest absolute Gasteiger partial charge is 0.480 e. The van der Waals surface area contributed by atoms with E-state index in [1.54, 1.807) is 6.92 Å². The average molecular weight is 273 g/mol. The van der Waals surface area contributed by atoms with E-state index in [1.807, 2.05) is 13.8 Å². The highest BCUT2D eigenvalue weighted by Gasteiger charge is 2.25. The number of urea groups is 1. The van der Waals surface area contributed by atoms with Gasteiger partial charge < -0.3 is 21.1 Å². The van der Waals surface area contributed by atoms with Gasteiger partial charge in [-0.25, -0.2) is 9.59 Å². The van der Waals surface area contributed by atoms with Gasteiger partial charge in [-0.15, -0.1) is 0 Å². The summed E-state index contributed by atoms with van der Waals surface area (Å²) in [6, 6.07) is -1.61. The van der Waals surface area contributed by atoms with Crippen LogP contribution < -0.4 is 16.0 Å². The highest BCUT2D eigenvalue weighted by atomic mass is 16.4. The Labute approximate surface area is 113 Å². The van der Waals surface area contributed by atoms with Gasteiger partial charge in [-0.05, 0) is 12.3 Å². The molecule has 0 aliphatic carbocycles. The maximum Gasteiger partial charge on any atom is 0.326 e. The standard InChI is InChI=1S/C12H23N3O4/c1-4-6-13-9(16)7-14-12(19)15-10(11(17)18)8(3)5-2/h8,10H,4-7H2,1-3H3,(H,13,16)(H,17,18)(H2,14,15,19). The second-order valence-corrected chi connectivity index (χ2v) is 4.38. The van der Waals surface area contributed by atoms with Crippen molar-refractivity contribution < 1.29 is 19.5 Å². The van der Waals surface area contributed by atoms with Gasteiger partial charge in [0.25, 0.3) is 0 Å². The number of hydrogen-bond donors (Lipinski definition) is 4. The molecule has 0 bridgehead atoms. The lowest BCUT2D eigenvalue weighted by Gasteiger charge is -2.20. The van der Waals surface area contributed by atoms with Crippen molar-refractivity contribution in [3.8, 4) is 0 Å². The molecule has 2 unspecified atom stereocenters. The third-order valence-corrected chi connectivity index (χ3v) is 2.75. The molecule has 2 atom stereocenters. The molecule has 0 aliphatic rings. The maximum absolute atomic E-state index is 11.5. The third kappa shape index (κ3) is 7.28. The number of rotatable bonds is 8. The molecule has 3 amide bonds. The van der Waals surface area contributed by atoms with Crippen LogP contribution in [0.1, 0.15) is 33.6 Å². The summed E-state index contributed by atoms with van der Waals surface area (Å²) in [7, 11) is 0. The van der Waals surface area contributed by atoms with Crippen LogP contribution in [0.15, 0.2) is 0 Å². The molecule has 0 heterocycles. The molecule has 110 valence electrons. The van der Waals surface area contributed by atoms with Crippen molar-refractivity contribution in [1.82, 2.24) is 16.0 Å². The number of nitrogens with one attached hydrogen (secondary N) is 3. The van der Waals surface area contributed by atoms with E-state index in [2.05, 4.69) is 16.0 Å². The Bertz CT molecular complexity index is 320. The van der Waals surface area contributed by atoms with Crippen molar-refractivity contribution in [2.45, 2.75) is 39.7 Å². The summed E-state index contributed by atoms with van der Waals surface area (Å²) in [6.45, 7) is 5.89. The molecule has 0 aliphatic heterocycles. The number of carbonyl (C=O) groups excluding carboxylic acids is 2. The maximum atomic E-state index is 11.5. The smallest absolute Gasteiger partial charge is 0.326 e. The number of carbonyl (C=O) groups is 3. The van der Waals surface area contributed by atoms with E-state index < -0.39 is 18.0 Å². The van der Waals surface area contributed by atoms with Crippen molar-refractivity contribution in [1.29, 1.82) is 0 Å². The highest BCUT2D eigenvalue weighted by molar-refractivity contribution is 5.86. The highest BCUT2D eigenvalue weighted by Crippen LogP contribution is 2.07. The molecule has 0 rings (SSSR count). The monoisotopic (exact) mass is 273 g/mol. The van der Waals surface area contributed by atoms with E-state index in [4.69, 9.17) is 5.11 Å². The van der Waals surface area contributed by atoms with Crippen LogP contribution in [0, 0.1) is 5.92 Å². The van der Waals surface area contributed by atoms with Gasteiger partial charge >= 0.3 is 12.0 Å². The molecular formula is C12H23N3O4. The Morgan fingerprint density at radius 2 is 1.79 bits per heavy atom. The van der Waals surface area contributed by atoms with Gasteiger partial charge in [0.2, 0.25) is 5.91 Å². The molecule has 0 aromatic carbocycles. The molecule has 0 radical (unpaired) electrons. The molecular weight excluding hydrogens is 250 g/mol. The predicted molar refractivity (Wildman–Crippen MR) is 70.7 cm³/mol. The zero-order valence-corrected chi connectivity index (χ0v) is 11.7. The lowest BCUT2D eigenvalue weighted by Crippen LogP contribution is -2.50. The molecule has 0 saturated heterocycles. The zero-order chi connectivity index (χ0) is 14.8. The minimum absolute atomic E-state index is 0.168. The minimum Gasteiger partial charge on any atom is -0.480 e. The molecule has 4 N–H and O–H groups in total. The van der Waals surface area contributed by atoms with Crippen molar-refractivity contribution in [3.05, 3.63) is 0 Å². The van der Waals surface area contributed by atoms with Crippen LogP contribution in [0.5, 0.6) is 0 Å². The first-order chi connectivity index (χ1) is 8.92. The lowest BCUT2D eigenvalue weighted by atomic mass is 9.99. The van der Waals surface area contributed by atoms with Crippen molar-refractivity contribution in [2.75, 3.05) is 13.1 Å². The van der Waals surface area contributed by atoms with Crippen LogP contribution in [-0.4, -0.2) is 42.1 Å². The summed E-state index contributed by atoms with van der Waals surface area (Å²) in [5.74, 6) is -1.57. The number of hydrogen-bond acceptors (Lipinski definition) is 3. The molecule has 19 heavy (non-hydrogen) atoms. The summed E-state index contributed by atoms with van der Waals surface area (Å²) in [5.41, 5.74) is 0. The summed E-state index contributed by atoms with van der Waals surface area (Å²) in [5, 5.41) is 16.3. The summed E-state index contributed by atoms with van der Waals surface area (Å²) < 4.78 is 0. The van der Waals surface area contributed by atoms with E-state index >= 15 is 0 Å². The SMILES string of the molecule is CCCNC(=O)CNC(=O)NC(C(=O)O)C(C)CC. The molecule has 0 aromatic rings. The first kappa shape index (κ1) is 17.2. The van der Waals surface area contributed by atoms with Crippen LogP contribution in [0.25, 0.3) is 0 Å². The number of amides is 3. The fourth-order valence-electron chi connectivity index (χ4n) is 1.36. The Kier molecular flexibility index (Phi) is 8.32. The van der Waals surface area contributed by atoms with E-state index in [9.17, 15) is 14.4 Å². The zero-order valence-electron chi connectivity index (χ0n) is 11.7. The number of aliphatic carboxylic acids is 1. The van der Waals surface area contributed by atoms with Crippen LogP contribution in [0.3, 0.4) is 0 Å². The van der Waals surface area contributed by atoms with E-state index in [0.717, 1.165) is 6.42 Å². The quantitative estimate of drug-likeness (QED) is 0.510. The molecule has 7 nitrogen and oxygen atoms in total. The minimum atomic E-state index is -1.08. The van der Waals surface area contributed by atoms with Crippen LogP contribution in [0.4, 0.5) is 4.79 Å². The summed E-state index contributed by atoms with van der Waals surface area (Å²) >= 11 is 0. The Balaban J connectivity index is 4.13. The molecule has 0 fully saturated rings. The fourth-order valence-corrected chi connectivity index (χ4v) is 1.36. The average Bonchev–Trinajstić information content (AvgIpc) is 2.38. The van der Waals surface area contributed by atoms with Gasteiger partial charge in [0.1, 0.15) is 6.04 Å². The van der Waals surface area contributed by atoms with E-state index in [0.29, 0.717) is 13.0 Å². The summed E-state index contributed by atoms with van der Waals surface area (Å²) in [4.78, 5) is 33.7. The third-order valence-electron chi connectivity index (χ3n) is 2.75. The molecule has 0 saturated carbocycles. The van der Waals surface area contributed by atoms with Gasteiger partial charge in [-0.2, -0.15) is 0 Å². The van der Waals surface area contributed by atoms with E-state index in [1.165, 1.54) is 0 Å². The van der Waals surface area contributed by atoms with Crippen molar-refractivity contribution in [2.24, 2.45) is 5.92 Å². The molecule has 7 heteroatoms. The Hall–Kier alpha value is -1.79. The van der Waals surface area contributed by atoms with Gasteiger partial charge in [-0.3, -0.25) is 4.79 Å². The van der Waals surface area contributed by atoms with E-state index in [-0.39, 0.29) is 18.4 Å². The first-order valence-corrected chi connectivity index (χ1v) is 6.46. The van der Waals surface area contributed by atoms with Crippen LogP contribution >= 0.6 is 0 Å². The number of carboxylic acids is 1. The van der Waals surface area contributed by atoms with Crippen LogP contribution in [0.2, 0.25) is 0 Å². The first-order valence-electron chi connectivity index (χ1n) is 6.46.